The topological polar surface area (TPSA) is 450 Å². The highest BCUT2D eigenvalue weighted by molar-refractivity contribution is 5.94. The number of ether oxygens (including phenoxy) is 9. The van der Waals surface area contributed by atoms with Gasteiger partial charge in [-0.15, -0.1) is 0 Å². The standard InChI is InChI=1S/C27H35N7O4.C26H33N5O3.C22H25N7O4.C22H26N6O3/c1-18(17-36-2)32-26(35)19-15-30-27(31-16-19)33-20-3-5-22(6-4-20)38-24-14-21(34-9-11-37-12-10-34)13-23-25(24)29-8-7-28-23;1-26(2,32)18-3-8-24(29-17-18)30-19-4-6-21(7-5-19)34-23-16-20(31-11-13-33-14-12-31)15-22-25(23)28-10-9-27-22;30-29(31)17-13-25-22(26-14-17)27-15-1-3-18(4-2-15)33-20-12-16(28-7-9-32-10-8-28)11-19-21(20)24-6-5-23-19;29-22-25-6-5-20(27-22)26-15-1-3-17(4-2-15)31-19-14-16(28-9-11-30-12-10-28)13-18-21(19)24-8-7-23-18/h7-8,13-16,18,20,22H,3-6,9-12,17H2,1-2H3,(H,32,35)(H,30,31,33);3,8-10,15-17,19,21,32H,4-7,11-14H2,1-2H3,(H,29,30);5-6,11-15,18H,1-4,7-10H2,(H,25,26,27);5-8,13-15,17H,1-4,9-12H2,(H2,25,26,27,29). The summed E-state index contributed by atoms with van der Waals surface area (Å²) in [4.78, 5) is 107. The zero-order valence-electron chi connectivity index (χ0n) is 77.2. The maximum absolute atomic E-state index is 12.3. The molecule has 8 fully saturated rings. The van der Waals surface area contributed by atoms with Crippen molar-refractivity contribution in [1.29, 1.82) is 0 Å². The summed E-state index contributed by atoms with van der Waals surface area (Å²) in [5.41, 5.74) is 10.8. The molecule has 12 aromatic rings. The van der Waals surface area contributed by atoms with Crippen molar-refractivity contribution in [2.45, 2.75) is 184 Å². The van der Waals surface area contributed by atoms with E-state index in [4.69, 9.17) is 42.6 Å². The van der Waals surface area contributed by atoms with Gasteiger partial charge in [-0.3, -0.25) is 39.8 Å². The lowest BCUT2D eigenvalue weighted by atomic mass is 9.93. The molecule has 4 saturated carbocycles. The van der Waals surface area contributed by atoms with Crippen LogP contribution in [0, 0.1) is 10.1 Å². The van der Waals surface area contributed by atoms with Gasteiger partial charge in [0.1, 0.15) is 69.1 Å². The number of H-pyrrole nitrogens is 1. The number of morpholine rings is 4. The number of benzene rings is 4. The summed E-state index contributed by atoms with van der Waals surface area (Å²) in [6.45, 7) is 18.5. The Morgan fingerprint density at radius 2 is 0.779 bits per heavy atom. The SMILES string of the molecule is CC(C)(O)c1ccc(NC2CCC(Oc3cc(N4CCOCC4)cc4nccnc34)CC2)nc1.COCC(C)NC(=O)c1cnc(NC2CCC(Oc3cc(N4CCOCC4)cc4nccnc34)CC2)nc1.O=[N+]([O-])c1cnc(NC2CCC(Oc3cc(N4CCOCC4)cc4nccnc34)CC2)nc1.O=c1nccc(NC2CCC(Oc3cc(N4CCOCC4)cc4nccnc34)CC2)[nH]1. The molecule has 1 unspecified atom stereocenters. The van der Waals surface area contributed by atoms with E-state index in [2.05, 4.69) is 169 Å². The predicted octanol–water partition coefficient (Wildman–Crippen LogP) is 12.0. The molecule has 8 aliphatic rings. The van der Waals surface area contributed by atoms with E-state index in [-0.39, 0.29) is 59.8 Å². The number of aromatic amines is 1. The summed E-state index contributed by atoms with van der Waals surface area (Å²) in [7, 11) is 1.60. The molecule has 4 saturated heterocycles. The molecule has 0 spiro atoms. The lowest BCUT2D eigenvalue weighted by molar-refractivity contribution is -0.385. The van der Waals surface area contributed by atoms with E-state index in [1.54, 1.807) is 95.2 Å². The van der Waals surface area contributed by atoms with Crippen LogP contribution in [0.4, 0.5) is 52.0 Å². The molecule has 8 aromatic heterocycles. The number of nitrogens with zero attached hydrogens (tertiary/aromatic N) is 19. The molecule has 0 radical (unpaired) electrons. The van der Waals surface area contributed by atoms with Crippen LogP contribution in [0.5, 0.6) is 23.0 Å². The fourth-order valence-corrected chi connectivity index (χ4v) is 18.2. The van der Waals surface area contributed by atoms with Gasteiger partial charge >= 0.3 is 11.4 Å². The Morgan fingerprint density at radius 3 is 1.10 bits per heavy atom. The van der Waals surface area contributed by atoms with E-state index in [0.29, 0.717) is 55.2 Å². The first-order valence-electron chi connectivity index (χ1n) is 47.3. The quantitative estimate of drug-likeness (QED) is 0.0195. The number of aromatic nitrogens is 15. The average molecular weight is 1860 g/mol. The van der Waals surface area contributed by atoms with Crippen LogP contribution >= 0.6 is 0 Å². The number of anilines is 8. The first-order chi connectivity index (χ1) is 66.4. The van der Waals surface area contributed by atoms with Crippen molar-refractivity contribution in [1.82, 2.24) is 80.1 Å². The van der Waals surface area contributed by atoms with E-state index in [0.717, 1.165) is 296 Å². The zero-order valence-corrected chi connectivity index (χ0v) is 77.2. The zero-order chi connectivity index (χ0) is 93.5. The summed E-state index contributed by atoms with van der Waals surface area (Å²) in [5, 5.41) is 37.3. The van der Waals surface area contributed by atoms with Crippen LogP contribution in [0.25, 0.3) is 44.1 Å². The molecule has 4 aliphatic heterocycles. The van der Waals surface area contributed by atoms with Gasteiger partial charge in [0.2, 0.25) is 11.9 Å². The van der Waals surface area contributed by atoms with E-state index < -0.39 is 10.5 Å². The average Bonchev–Trinajstić information content (AvgIpc) is 0.784. The lowest BCUT2D eigenvalue weighted by Gasteiger charge is -2.31. The maximum atomic E-state index is 12.3. The van der Waals surface area contributed by atoms with Crippen LogP contribution < -0.4 is 70.8 Å². The minimum Gasteiger partial charge on any atom is -0.488 e. The van der Waals surface area contributed by atoms with Gasteiger partial charge in [-0.25, -0.2) is 54.6 Å². The fraction of sp³-hybridized carbons (Fsp3) is 0.485. The Labute approximate surface area is 787 Å². The molecule has 12 heterocycles. The van der Waals surface area contributed by atoms with Crippen molar-refractivity contribution in [3.8, 4) is 23.0 Å². The smallest absolute Gasteiger partial charge is 0.346 e. The molecule has 39 nitrogen and oxygen atoms in total. The van der Waals surface area contributed by atoms with E-state index in [1.807, 2.05) is 19.1 Å². The molecule has 20 rings (SSSR count). The highest BCUT2D eigenvalue weighted by Gasteiger charge is 2.32. The van der Waals surface area contributed by atoms with E-state index >= 15 is 0 Å². The molecular formula is C97H119N25O14. The Bertz CT molecular complexity index is 5960. The Kier molecular flexibility index (Phi) is 31.8. The van der Waals surface area contributed by atoms with Gasteiger partial charge in [-0.2, -0.15) is 0 Å². The van der Waals surface area contributed by atoms with Gasteiger partial charge in [0.25, 0.3) is 5.91 Å². The number of fused-ring (bicyclic) bond motifs is 4. The van der Waals surface area contributed by atoms with Crippen LogP contribution in [0.15, 0.2) is 158 Å². The summed E-state index contributed by atoms with van der Waals surface area (Å²) in [6, 6.07) is 23.3. The monoisotopic (exact) mass is 1860 g/mol. The summed E-state index contributed by atoms with van der Waals surface area (Å²) >= 11 is 0. The van der Waals surface area contributed by atoms with Crippen LogP contribution in [-0.4, -0.2) is 264 Å². The number of carbonyl (C=O) groups is 1. The van der Waals surface area contributed by atoms with Gasteiger partial charge < -0.3 is 93.9 Å². The number of hydrogen-bond acceptors (Lipinski definition) is 36. The van der Waals surface area contributed by atoms with Crippen LogP contribution in [0.1, 0.15) is 139 Å². The second kappa shape index (κ2) is 45.8. The normalized spacial score (nSPS) is 21.2. The van der Waals surface area contributed by atoms with E-state index in [1.165, 1.54) is 18.6 Å². The highest BCUT2D eigenvalue weighted by atomic mass is 16.6. The number of methoxy groups -OCH3 is 1. The predicted molar refractivity (Wildman–Crippen MR) is 515 cm³/mol. The third kappa shape index (κ3) is 25.6. The first-order valence-corrected chi connectivity index (χ1v) is 47.3. The Morgan fingerprint density at radius 1 is 0.441 bits per heavy atom. The van der Waals surface area contributed by atoms with Crippen molar-refractivity contribution in [2.24, 2.45) is 0 Å². The number of rotatable bonds is 26. The maximum Gasteiger partial charge on any atom is 0.346 e. The van der Waals surface area contributed by atoms with Crippen molar-refractivity contribution >= 4 is 102 Å². The van der Waals surface area contributed by atoms with E-state index in [9.17, 15) is 24.8 Å². The molecule has 7 N–H and O–H groups in total. The lowest BCUT2D eigenvalue weighted by Crippen LogP contribution is -2.36. The van der Waals surface area contributed by atoms with Crippen molar-refractivity contribution in [2.75, 3.05) is 160 Å². The highest BCUT2D eigenvalue weighted by Crippen LogP contribution is 2.40. The second-order valence-electron chi connectivity index (χ2n) is 35.7. The van der Waals surface area contributed by atoms with Gasteiger partial charge in [0.15, 0.2) is 0 Å². The molecule has 0 bridgehead atoms. The van der Waals surface area contributed by atoms with Crippen molar-refractivity contribution < 1.29 is 57.5 Å². The number of nitrogens with one attached hydrogen (secondary N) is 6. The fourth-order valence-electron chi connectivity index (χ4n) is 18.2. The van der Waals surface area contributed by atoms with Crippen LogP contribution in [0.3, 0.4) is 0 Å². The minimum atomic E-state index is -0.880. The number of hydrogen-bond donors (Lipinski definition) is 7. The number of aliphatic hydroxyl groups is 1. The van der Waals surface area contributed by atoms with Crippen molar-refractivity contribution in [3.05, 3.63) is 185 Å². The third-order valence-electron chi connectivity index (χ3n) is 25.6. The molecule has 716 valence electrons. The third-order valence-corrected chi connectivity index (χ3v) is 25.6. The largest absolute Gasteiger partial charge is 0.488 e. The second-order valence-corrected chi connectivity index (χ2v) is 35.7. The summed E-state index contributed by atoms with van der Waals surface area (Å²) in [6.07, 6.45) is 37.8. The van der Waals surface area contributed by atoms with Crippen LogP contribution in [0.2, 0.25) is 0 Å². The number of amides is 1. The Hall–Kier alpha value is -13.3. The molecule has 1 atom stereocenters. The molecule has 4 aromatic carbocycles. The molecule has 39 heteroatoms. The number of nitro groups is 1. The number of pyridine rings is 1. The minimum absolute atomic E-state index is 0.0750. The van der Waals surface area contributed by atoms with Gasteiger partial charge in [-0.05, 0) is 160 Å². The molecular weight excluding hydrogens is 1740 g/mol. The Balaban J connectivity index is 0.000000126. The molecule has 136 heavy (non-hydrogen) atoms. The van der Waals surface area contributed by atoms with Crippen molar-refractivity contribution in [3.63, 3.8) is 0 Å². The summed E-state index contributed by atoms with van der Waals surface area (Å²) in [5.74, 6) is 5.42. The molecule has 4 aliphatic carbocycles. The van der Waals surface area contributed by atoms with Gasteiger partial charge in [0, 0.05) is 217 Å². The molecule has 1 amide bonds. The summed E-state index contributed by atoms with van der Waals surface area (Å²) < 4.78 is 53.0. The van der Waals surface area contributed by atoms with Crippen LogP contribution in [-0.2, 0) is 29.3 Å². The van der Waals surface area contributed by atoms with Gasteiger partial charge in [-0.1, -0.05) is 6.07 Å². The van der Waals surface area contributed by atoms with Gasteiger partial charge in [0.05, 0.1) is 122 Å². The number of carbonyl (C=O) groups excluding carboxylic acids is 1. The first kappa shape index (κ1) is 94.4.